The van der Waals surface area contributed by atoms with Crippen LogP contribution in [0.15, 0.2) is 30.3 Å². The number of carbonyl (C=O) groups is 1. The first-order chi connectivity index (χ1) is 19.4. The number of hydrogen-bond donors (Lipinski definition) is 2. The van der Waals surface area contributed by atoms with E-state index in [0.717, 1.165) is 43.8 Å². The van der Waals surface area contributed by atoms with E-state index in [2.05, 4.69) is 14.5 Å². The number of hydrogen-bond acceptors (Lipinski definition) is 9. The van der Waals surface area contributed by atoms with Crippen molar-refractivity contribution < 1.29 is 18.3 Å². The fraction of sp³-hybridized carbons (Fsp3) is 0.519. The van der Waals surface area contributed by atoms with Gasteiger partial charge in [-0.25, -0.2) is 13.4 Å². The van der Waals surface area contributed by atoms with Crippen LogP contribution in [-0.2, 0) is 10.0 Å². The Morgan fingerprint density at radius 1 is 1.15 bits per heavy atom. The molecule has 2 saturated heterocycles. The van der Waals surface area contributed by atoms with Gasteiger partial charge < -0.3 is 24.7 Å². The molecule has 2 aromatic heterocycles. The first-order valence-corrected chi connectivity index (χ1v) is 15.9. The summed E-state index contributed by atoms with van der Waals surface area (Å²) in [4.78, 5) is 26.8. The maximum absolute atomic E-state index is 13.9. The number of aromatic nitrogens is 3. The number of carbonyl (C=O) groups excluding carboxylic acids is 1. The van der Waals surface area contributed by atoms with E-state index in [1.165, 1.54) is 12.1 Å². The number of nitrogens with one attached hydrogen (secondary N) is 1. The molecular formula is C27H37ClN8O4S. The number of halogens is 1. The van der Waals surface area contributed by atoms with Crippen LogP contribution in [0.3, 0.4) is 0 Å². The average Bonchev–Trinajstić information content (AvgIpc) is 3.33. The molecule has 1 atom stereocenters. The van der Waals surface area contributed by atoms with Gasteiger partial charge in [0.1, 0.15) is 11.6 Å². The van der Waals surface area contributed by atoms with Crippen molar-refractivity contribution >= 4 is 50.5 Å². The van der Waals surface area contributed by atoms with Crippen LogP contribution in [0.1, 0.15) is 41.4 Å². The molecular weight excluding hydrogens is 568 g/mol. The third-order valence-corrected chi connectivity index (χ3v) is 8.31. The van der Waals surface area contributed by atoms with Crippen LogP contribution in [0.25, 0.3) is 5.65 Å². The third kappa shape index (κ3) is 6.53. The number of likely N-dealkylation sites (N-methyl/N-ethyl adjacent to an activating group) is 2. The first-order valence-electron chi connectivity index (χ1n) is 13.7. The molecule has 2 fully saturated rings. The number of nitrogens with zero attached hydrogens (tertiary/aromatic N) is 7. The number of sulfonamides is 1. The Morgan fingerprint density at radius 2 is 1.90 bits per heavy atom. The van der Waals surface area contributed by atoms with Gasteiger partial charge in [0.15, 0.2) is 5.65 Å². The topological polar surface area (TPSA) is 127 Å². The van der Waals surface area contributed by atoms with Gasteiger partial charge in [0.05, 0.1) is 35.3 Å². The molecule has 2 N–H and O–H groups in total. The standard InChI is InChI=1S/C27H37ClN8O4S/c1-32(2)11-12-33(3)26-15-24(34-16-19(37)17-34)29-25-14-22(30-36(25)26)23-7-5-6-10-35(23)27(38)20-13-18(28)8-9-21(20)31-41(4,39)40/h8-9,13-15,19,23,31,37H,5-7,10-12,16-17H2,1-4H3. The number of piperidine rings is 1. The van der Waals surface area contributed by atoms with Crippen molar-refractivity contribution in [3.05, 3.63) is 46.6 Å². The van der Waals surface area contributed by atoms with E-state index < -0.39 is 10.0 Å². The maximum atomic E-state index is 13.9. The molecule has 14 heteroatoms. The zero-order chi connectivity index (χ0) is 29.5. The van der Waals surface area contributed by atoms with Gasteiger partial charge in [-0.05, 0) is 51.6 Å². The normalized spacial score (nSPS) is 18.2. The van der Waals surface area contributed by atoms with Gasteiger partial charge in [-0.1, -0.05) is 11.6 Å². The van der Waals surface area contributed by atoms with E-state index in [0.29, 0.717) is 42.4 Å². The number of rotatable bonds is 9. The Kier molecular flexibility index (Phi) is 8.33. The molecule has 0 aliphatic carbocycles. The van der Waals surface area contributed by atoms with Crippen LogP contribution >= 0.6 is 11.6 Å². The zero-order valence-electron chi connectivity index (χ0n) is 23.8. The Morgan fingerprint density at radius 3 is 2.59 bits per heavy atom. The van der Waals surface area contributed by atoms with Crippen LogP contribution in [0.4, 0.5) is 17.3 Å². The third-order valence-electron chi connectivity index (χ3n) is 7.49. The summed E-state index contributed by atoms with van der Waals surface area (Å²) in [6.07, 6.45) is 3.14. The van der Waals surface area contributed by atoms with Gasteiger partial charge in [-0.3, -0.25) is 9.52 Å². The molecule has 0 radical (unpaired) electrons. The highest BCUT2D eigenvalue weighted by atomic mass is 35.5. The molecule has 0 spiro atoms. The summed E-state index contributed by atoms with van der Waals surface area (Å²) in [6, 6.07) is 8.15. The van der Waals surface area contributed by atoms with E-state index in [-0.39, 0.29) is 29.3 Å². The molecule has 0 bridgehead atoms. The number of amides is 1. The van der Waals surface area contributed by atoms with Crippen molar-refractivity contribution in [2.45, 2.75) is 31.4 Å². The van der Waals surface area contributed by atoms with E-state index in [1.807, 2.05) is 42.7 Å². The zero-order valence-corrected chi connectivity index (χ0v) is 25.4. The monoisotopic (exact) mass is 604 g/mol. The highest BCUT2D eigenvalue weighted by Gasteiger charge is 2.33. The fourth-order valence-corrected chi connectivity index (χ4v) is 6.04. The highest BCUT2D eigenvalue weighted by molar-refractivity contribution is 7.92. The van der Waals surface area contributed by atoms with Gasteiger partial charge in [0.25, 0.3) is 5.91 Å². The predicted molar refractivity (Wildman–Crippen MR) is 161 cm³/mol. The lowest BCUT2D eigenvalue weighted by atomic mass is 9.98. The van der Waals surface area contributed by atoms with Crippen molar-refractivity contribution in [3.63, 3.8) is 0 Å². The first kappa shape index (κ1) is 29.4. The SMILES string of the molecule is CN(C)CCN(C)c1cc(N2CC(O)C2)nc2cc(C3CCCCN3C(=O)c3cc(Cl)ccc3NS(C)(=O)=O)nn12. The largest absolute Gasteiger partial charge is 0.389 e. The van der Waals surface area contributed by atoms with Gasteiger partial charge in [0, 0.05) is 56.9 Å². The molecule has 2 aliphatic rings. The summed E-state index contributed by atoms with van der Waals surface area (Å²) < 4.78 is 28.3. The molecule has 12 nitrogen and oxygen atoms in total. The van der Waals surface area contributed by atoms with Gasteiger partial charge in [-0.15, -0.1) is 0 Å². The molecule has 4 heterocycles. The smallest absolute Gasteiger partial charge is 0.256 e. The van der Waals surface area contributed by atoms with Gasteiger partial charge in [0.2, 0.25) is 10.0 Å². The minimum Gasteiger partial charge on any atom is -0.389 e. The summed E-state index contributed by atoms with van der Waals surface area (Å²) in [5, 5.41) is 15.2. The number of anilines is 3. The number of aliphatic hydroxyl groups excluding tert-OH is 1. The van der Waals surface area contributed by atoms with Crippen LogP contribution in [0.5, 0.6) is 0 Å². The molecule has 1 unspecified atom stereocenters. The Labute approximate surface area is 245 Å². The van der Waals surface area contributed by atoms with E-state index >= 15 is 0 Å². The Hall–Kier alpha value is -3.13. The number of β-amino-alcohol motifs (C(OH)–C–C–N with tert-alkyl or cyclic N) is 1. The van der Waals surface area contributed by atoms with Crippen molar-refractivity contribution in [3.8, 4) is 0 Å². The Bertz CT molecular complexity index is 1540. The molecule has 5 rings (SSSR count). The second-order valence-corrected chi connectivity index (χ2v) is 13.4. The average molecular weight is 605 g/mol. The van der Waals surface area contributed by atoms with Crippen molar-refractivity contribution in [1.82, 2.24) is 24.4 Å². The maximum Gasteiger partial charge on any atom is 0.256 e. The van der Waals surface area contributed by atoms with Crippen molar-refractivity contribution in [1.29, 1.82) is 0 Å². The minimum atomic E-state index is -3.61. The number of benzene rings is 1. The lowest BCUT2D eigenvalue weighted by molar-refractivity contribution is 0.0607. The predicted octanol–water partition coefficient (Wildman–Crippen LogP) is 2.30. The summed E-state index contributed by atoms with van der Waals surface area (Å²) in [5.41, 5.74) is 1.76. The molecule has 41 heavy (non-hydrogen) atoms. The second kappa shape index (κ2) is 11.6. The quantitative estimate of drug-likeness (QED) is 0.378. The van der Waals surface area contributed by atoms with E-state index in [9.17, 15) is 18.3 Å². The summed E-state index contributed by atoms with van der Waals surface area (Å²) in [5.74, 6) is 1.32. The van der Waals surface area contributed by atoms with Crippen LogP contribution in [0, 0.1) is 0 Å². The van der Waals surface area contributed by atoms with Crippen LogP contribution < -0.4 is 14.5 Å². The van der Waals surface area contributed by atoms with Crippen LogP contribution in [0.2, 0.25) is 5.02 Å². The molecule has 1 aromatic carbocycles. The molecule has 222 valence electrons. The number of aliphatic hydroxyl groups is 1. The number of fused-ring (bicyclic) bond motifs is 1. The summed E-state index contributed by atoms with van der Waals surface area (Å²) in [6.45, 7) is 3.17. The lowest BCUT2D eigenvalue weighted by Gasteiger charge is -2.37. The molecule has 2 aliphatic heterocycles. The lowest BCUT2D eigenvalue weighted by Crippen LogP contribution is -2.51. The molecule has 0 saturated carbocycles. The van der Waals surface area contributed by atoms with E-state index in [4.69, 9.17) is 21.7 Å². The van der Waals surface area contributed by atoms with E-state index in [1.54, 1.807) is 11.0 Å². The van der Waals surface area contributed by atoms with Crippen molar-refractivity contribution in [2.24, 2.45) is 0 Å². The summed E-state index contributed by atoms with van der Waals surface area (Å²) >= 11 is 6.24. The fourth-order valence-electron chi connectivity index (χ4n) is 5.29. The van der Waals surface area contributed by atoms with Gasteiger partial charge >= 0.3 is 0 Å². The van der Waals surface area contributed by atoms with Crippen LogP contribution in [-0.4, -0.2) is 110 Å². The minimum absolute atomic E-state index is 0.189. The Balaban J connectivity index is 1.53. The number of likely N-dealkylation sites (tertiary alicyclic amines) is 1. The van der Waals surface area contributed by atoms with Crippen molar-refractivity contribution in [2.75, 3.05) is 74.6 Å². The molecule has 3 aromatic rings. The second-order valence-electron chi connectivity index (χ2n) is 11.2. The van der Waals surface area contributed by atoms with Gasteiger partial charge in [-0.2, -0.15) is 9.61 Å². The highest BCUT2D eigenvalue weighted by Crippen LogP contribution is 2.35. The molecule has 1 amide bonds. The summed E-state index contributed by atoms with van der Waals surface area (Å²) in [7, 11) is 2.46.